The Balaban J connectivity index is 1.71. The van der Waals surface area contributed by atoms with Crippen LogP contribution in [0.1, 0.15) is 36.9 Å². The Hall–Kier alpha value is -1.87. The van der Waals surface area contributed by atoms with Crippen molar-refractivity contribution in [2.24, 2.45) is 0 Å². The zero-order valence-electron chi connectivity index (χ0n) is 12.5. The van der Waals surface area contributed by atoms with Crippen molar-refractivity contribution in [1.82, 2.24) is 9.88 Å². The van der Waals surface area contributed by atoms with Crippen molar-refractivity contribution in [1.29, 1.82) is 0 Å². The van der Waals surface area contributed by atoms with E-state index >= 15 is 0 Å². The summed E-state index contributed by atoms with van der Waals surface area (Å²) in [6.45, 7) is 4.87. The number of ether oxygens (including phenoxy) is 1. The van der Waals surface area contributed by atoms with Gasteiger partial charge in [0.1, 0.15) is 5.75 Å². The van der Waals surface area contributed by atoms with Crippen LogP contribution in [0.2, 0.25) is 0 Å². The second-order valence-corrected chi connectivity index (χ2v) is 5.49. The summed E-state index contributed by atoms with van der Waals surface area (Å²) in [4.78, 5) is 6.76. The normalized spacial score (nSPS) is 18.8. The maximum absolute atomic E-state index is 5.52. The van der Waals surface area contributed by atoms with Gasteiger partial charge in [-0.3, -0.25) is 9.88 Å². The topological polar surface area (TPSA) is 25.4 Å². The van der Waals surface area contributed by atoms with Crippen LogP contribution in [-0.2, 0) is 6.54 Å². The van der Waals surface area contributed by atoms with E-state index in [9.17, 15) is 0 Å². The molecule has 0 amide bonds. The SMILES string of the molecule is CCOc1ccc(C2CCCN2Cc2cccnc2)cc1. The minimum atomic E-state index is 0.515. The molecule has 0 spiro atoms. The molecular weight excluding hydrogens is 260 g/mol. The molecule has 0 saturated carbocycles. The molecule has 3 nitrogen and oxygen atoms in total. The van der Waals surface area contributed by atoms with Crippen LogP contribution < -0.4 is 4.74 Å². The van der Waals surface area contributed by atoms with Crippen LogP contribution in [0.4, 0.5) is 0 Å². The molecule has 1 aliphatic heterocycles. The van der Waals surface area contributed by atoms with Gasteiger partial charge in [0.2, 0.25) is 0 Å². The molecule has 0 aliphatic carbocycles. The molecular formula is C18H22N2O. The van der Waals surface area contributed by atoms with Crippen LogP contribution >= 0.6 is 0 Å². The van der Waals surface area contributed by atoms with Gasteiger partial charge in [-0.1, -0.05) is 18.2 Å². The predicted molar refractivity (Wildman–Crippen MR) is 84.2 cm³/mol. The van der Waals surface area contributed by atoms with Gasteiger partial charge < -0.3 is 4.74 Å². The Morgan fingerprint density at radius 1 is 1.24 bits per heavy atom. The lowest BCUT2D eigenvalue weighted by Gasteiger charge is -2.25. The first-order chi connectivity index (χ1) is 10.4. The molecule has 0 N–H and O–H groups in total. The molecule has 3 rings (SSSR count). The molecule has 1 unspecified atom stereocenters. The molecule has 1 aromatic heterocycles. The lowest BCUT2D eigenvalue weighted by atomic mass is 10.0. The monoisotopic (exact) mass is 282 g/mol. The van der Waals surface area contributed by atoms with Gasteiger partial charge in [0.25, 0.3) is 0 Å². The van der Waals surface area contributed by atoms with Gasteiger partial charge in [0, 0.05) is 25.0 Å². The van der Waals surface area contributed by atoms with Gasteiger partial charge in [-0.05, 0) is 55.6 Å². The highest BCUT2D eigenvalue weighted by molar-refractivity contribution is 5.30. The van der Waals surface area contributed by atoms with E-state index in [0.717, 1.165) is 25.4 Å². The number of hydrogen-bond acceptors (Lipinski definition) is 3. The quantitative estimate of drug-likeness (QED) is 0.833. The first-order valence-electron chi connectivity index (χ1n) is 7.72. The summed E-state index contributed by atoms with van der Waals surface area (Å²) in [6.07, 6.45) is 6.29. The summed E-state index contributed by atoms with van der Waals surface area (Å²) in [7, 11) is 0. The van der Waals surface area contributed by atoms with Crippen molar-refractivity contribution >= 4 is 0 Å². The third kappa shape index (κ3) is 3.42. The van der Waals surface area contributed by atoms with Crippen molar-refractivity contribution in [3.63, 3.8) is 0 Å². The van der Waals surface area contributed by atoms with Gasteiger partial charge in [0.05, 0.1) is 6.61 Å². The summed E-state index contributed by atoms with van der Waals surface area (Å²) in [5.41, 5.74) is 2.68. The summed E-state index contributed by atoms with van der Waals surface area (Å²) >= 11 is 0. The highest BCUT2D eigenvalue weighted by atomic mass is 16.5. The first kappa shape index (κ1) is 14.1. The molecule has 1 saturated heterocycles. The molecule has 2 heterocycles. The molecule has 1 aliphatic rings. The van der Waals surface area contributed by atoms with Crippen molar-refractivity contribution in [3.05, 3.63) is 59.9 Å². The van der Waals surface area contributed by atoms with Crippen LogP contribution in [0.15, 0.2) is 48.8 Å². The molecule has 0 bridgehead atoms. The van der Waals surface area contributed by atoms with Gasteiger partial charge in [0.15, 0.2) is 0 Å². The molecule has 21 heavy (non-hydrogen) atoms. The van der Waals surface area contributed by atoms with E-state index in [4.69, 9.17) is 4.74 Å². The molecule has 1 atom stereocenters. The smallest absolute Gasteiger partial charge is 0.119 e. The van der Waals surface area contributed by atoms with Crippen LogP contribution in [-0.4, -0.2) is 23.0 Å². The summed E-state index contributed by atoms with van der Waals surface area (Å²) in [5.74, 6) is 0.957. The fraction of sp³-hybridized carbons (Fsp3) is 0.389. The molecule has 1 aromatic carbocycles. The fourth-order valence-electron chi connectivity index (χ4n) is 3.07. The molecule has 2 aromatic rings. The Morgan fingerprint density at radius 3 is 2.81 bits per heavy atom. The summed E-state index contributed by atoms with van der Waals surface area (Å²) in [6, 6.07) is 13.3. The van der Waals surface area contributed by atoms with Crippen LogP contribution in [0.5, 0.6) is 5.75 Å². The Morgan fingerprint density at radius 2 is 2.10 bits per heavy atom. The van der Waals surface area contributed by atoms with Crippen LogP contribution in [0.3, 0.4) is 0 Å². The van der Waals surface area contributed by atoms with Crippen molar-refractivity contribution in [2.45, 2.75) is 32.4 Å². The largest absolute Gasteiger partial charge is 0.494 e. The zero-order chi connectivity index (χ0) is 14.5. The minimum absolute atomic E-state index is 0.515. The van der Waals surface area contributed by atoms with Gasteiger partial charge in [-0.25, -0.2) is 0 Å². The van der Waals surface area contributed by atoms with Crippen LogP contribution in [0.25, 0.3) is 0 Å². The minimum Gasteiger partial charge on any atom is -0.494 e. The Kier molecular flexibility index (Phi) is 4.51. The number of aromatic nitrogens is 1. The van der Waals surface area contributed by atoms with Gasteiger partial charge in [-0.15, -0.1) is 0 Å². The highest BCUT2D eigenvalue weighted by Gasteiger charge is 2.25. The van der Waals surface area contributed by atoms with E-state index in [1.807, 2.05) is 25.4 Å². The predicted octanol–water partition coefficient (Wildman–Crippen LogP) is 3.82. The van der Waals surface area contributed by atoms with E-state index in [2.05, 4.69) is 40.2 Å². The second-order valence-electron chi connectivity index (χ2n) is 5.49. The highest BCUT2D eigenvalue weighted by Crippen LogP contribution is 2.33. The molecule has 3 heteroatoms. The zero-order valence-corrected chi connectivity index (χ0v) is 12.5. The Bertz CT molecular complexity index is 553. The third-order valence-electron chi connectivity index (χ3n) is 4.05. The standard InChI is InChI=1S/C18H22N2O/c1-2-21-17-9-7-16(8-10-17)18-6-4-12-20(18)14-15-5-3-11-19-13-15/h3,5,7-11,13,18H,2,4,6,12,14H2,1H3. The van der Waals surface area contributed by atoms with E-state index in [1.54, 1.807) is 0 Å². The van der Waals surface area contributed by atoms with E-state index in [-0.39, 0.29) is 0 Å². The summed E-state index contributed by atoms with van der Waals surface area (Å²) in [5, 5.41) is 0. The number of benzene rings is 1. The number of hydrogen-bond donors (Lipinski definition) is 0. The van der Waals surface area contributed by atoms with E-state index in [1.165, 1.54) is 24.0 Å². The average Bonchev–Trinajstić information content (AvgIpc) is 2.98. The maximum Gasteiger partial charge on any atom is 0.119 e. The number of rotatable bonds is 5. The average molecular weight is 282 g/mol. The lowest BCUT2D eigenvalue weighted by molar-refractivity contribution is 0.248. The van der Waals surface area contributed by atoms with Crippen molar-refractivity contribution in [2.75, 3.05) is 13.2 Å². The maximum atomic E-state index is 5.52. The Labute approximate surface area is 126 Å². The molecule has 110 valence electrons. The van der Waals surface area contributed by atoms with Crippen LogP contribution in [0, 0.1) is 0 Å². The van der Waals surface area contributed by atoms with E-state index in [0.29, 0.717) is 6.04 Å². The molecule has 0 radical (unpaired) electrons. The first-order valence-corrected chi connectivity index (χ1v) is 7.72. The van der Waals surface area contributed by atoms with Crippen molar-refractivity contribution < 1.29 is 4.74 Å². The number of likely N-dealkylation sites (tertiary alicyclic amines) is 1. The molecule has 1 fully saturated rings. The fourth-order valence-corrected chi connectivity index (χ4v) is 3.07. The van der Waals surface area contributed by atoms with E-state index < -0.39 is 0 Å². The number of pyridine rings is 1. The second kappa shape index (κ2) is 6.72. The lowest BCUT2D eigenvalue weighted by Crippen LogP contribution is -2.22. The summed E-state index contributed by atoms with van der Waals surface area (Å²) < 4.78 is 5.52. The van der Waals surface area contributed by atoms with Gasteiger partial charge >= 0.3 is 0 Å². The third-order valence-corrected chi connectivity index (χ3v) is 4.05. The van der Waals surface area contributed by atoms with Gasteiger partial charge in [-0.2, -0.15) is 0 Å². The van der Waals surface area contributed by atoms with Crippen molar-refractivity contribution in [3.8, 4) is 5.75 Å². The number of nitrogens with zero attached hydrogens (tertiary/aromatic N) is 2.